The number of unbranched alkanes of at least 4 members (excludes halogenated alkanes) is 4. The quantitative estimate of drug-likeness (QED) is 0.356. The van der Waals surface area contributed by atoms with Crippen LogP contribution in [0.5, 0.6) is 0 Å². The van der Waals surface area contributed by atoms with Crippen LogP contribution >= 0.6 is 0 Å². The van der Waals surface area contributed by atoms with Crippen molar-refractivity contribution in [1.82, 2.24) is 4.90 Å². The molecule has 0 radical (unpaired) electrons. The van der Waals surface area contributed by atoms with Crippen LogP contribution in [-0.4, -0.2) is 54.9 Å². The number of carbonyl (C=O) groups excluding carboxylic acids is 2. The zero-order chi connectivity index (χ0) is 25.1. The highest BCUT2D eigenvalue weighted by molar-refractivity contribution is 7.91. The van der Waals surface area contributed by atoms with E-state index in [1.807, 2.05) is 0 Å². The number of hydrogen-bond donors (Lipinski definition) is 1. The van der Waals surface area contributed by atoms with Crippen molar-refractivity contribution in [3.8, 4) is 0 Å². The average molecular weight is 494 g/mol. The van der Waals surface area contributed by atoms with E-state index in [9.17, 15) is 27.9 Å². The molecule has 190 valence electrons. The SMILES string of the molecule is CCCCCN(CCCCC)C(=O)C(CCC(=O)O)CS(=O)(=O)c1ccc2c(c1)CCCC2=O. The van der Waals surface area contributed by atoms with E-state index in [4.69, 9.17) is 0 Å². The van der Waals surface area contributed by atoms with Crippen LogP contribution in [0.1, 0.15) is 94.0 Å². The maximum Gasteiger partial charge on any atom is 0.303 e. The van der Waals surface area contributed by atoms with Crippen LogP contribution in [0.3, 0.4) is 0 Å². The Bertz CT molecular complexity index is 946. The average Bonchev–Trinajstić information content (AvgIpc) is 2.80. The van der Waals surface area contributed by atoms with E-state index in [1.54, 1.807) is 17.0 Å². The fourth-order valence-electron chi connectivity index (χ4n) is 4.45. The number of carboxylic acid groups (broad SMARTS) is 1. The van der Waals surface area contributed by atoms with Crippen LogP contribution in [0.4, 0.5) is 0 Å². The first-order valence-electron chi connectivity index (χ1n) is 12.6. The third-order valence-corrected chi connectivity index (χ3v) is 8.25. The van der Waals surface area contributed by atoms with Crippen molar-refractivity contribution in [2.45, 2.75) is 89.4 Å². The molecule has 0 saturated carbocycles. The van der Waals surface area contributed by atoms with Crippen molar-refractivity contribution in [2.75, 3.05) is 18.8 Å². The van der Waals surface area contributed by atoms with Crippen molar-refractivity contribution in [3.05, 3.63) is 29.3 Å². The standard InChI is InChI=1S/C26H39NO6S/c1-3-5-7-16-27(17-8-6-4-2)26(31)21(12-15-25(29)30)19-34(32,33)22-13-14-23-20(18-22)10-9-11-24(23)28/h13-14,18,21H,3-12,15-17,19H2,1-2H3,(H,29,30). The number of ketones is 1. The minimum absolute atomic E-state index is 0.0190. The van der Waals surface area contributed by atoms with Gasteiger partial charge in [0.15, 0.2) is 15.6 Å². The predicted molar refractivity (Wildman–Crippen MR) is 132 cm³/mol. The number of rotatable bonds is 15. The van der Waals surface area contributed by atoms with Gasteiger partial charge in [-0.2, -0.15) is 0 Å². The second-order valence-corrected chi connectivity index (χ2v) is 11.3. The van der Waals surface area contributed by atoms with Gasteiger partial charge in [0.2, 0.25) is 5.91 Å². The molecule has 0 aliphatic heterocycles. The number of aliphatic carboxylic acids is 1. The molecule has 1 aliphatic rings. The number of sulfone groups is 1. The first-order valence-corrected chi connectivity index (χ1v) is 14.2. The highest BCUT2D eigenvalue weighted by atomic mass is 32.2. The van der Waals surface area contributed by atoms with Gasteiger partial charge in [-0.05, 0) is 55.9 Å². The Labute approximate surface area is 203 Å². The lowest BCUT2D eigenvalue weighted by molar-refractivity contribution is -0.138. The normalized spacial score (nSPS) is 14.5. The number of nitrogens with zero attached hydrogens (tertiary/aromatic N) is 1. The molecule has 1 aliphatic carbocycles. The van der Waals surface area contributed by atoms with Gasteiger partial charge >= 0.3 is 5.97 Å². The molecule has 34 heavy (non-hydrogen) atoms. The molecule has 0 saturated heterocycles. The van der Waals surface area contributed by atoms with E-state index in [0.29, 0.717) is 37.9 Å². The number of Topliss-reactive ketones (excluding diaryl/α,β-unsaturated/α-hetero) is 1. The van der Waals surface area contributed by atoms with Crippen LogP contribution in [0.2, 0.25) is 0 Å². The van der Waals surface area contributed by atoms with Crippen LogP contribution in [0.15, 0.2) is 23.1 Å². The van der Waals surface area contributed by atoms with Gasteiger partial charge in [0.05, 0.1) is 16.6 Å². The molecule has 0 fully saturated rings. The fraction of sp³-hybridized carbons (Fsp3) is 0.654. The van der Waals surface area contributed by atoms with Gasteiger partial charge in [-0.1, -0.05) is 39.5 Å². The number of hydrogen-bond acceptors (Lipinski definition) is 5. The van der Waals surface area contributed by atoms with Gasteiger partial charge in [-0.3, -0.25) is 14.4 Å². The second-order valence-electron chi connectivity index (χ2n) is 9.25. The Kier molecular flexibility index (Phi) is 11.2. The molecule has 1 amide bonds. The summed E-state index contributed by atoms with van der Waals surface area (Å²) < 4.78 is 26.6. The molecule has 1 unspecified atom stereocenters. The van der Waals surface area contributed by atoms with Crippen molar-refractivity contribution in [3.63, 3.8) is 0 Å². The fourth-order valence-corrected chi connectivity index (χ4v) is 6.08. The summed E-state index contributed by atoms with van der Waals surface area (Å²) in [5, 5.41) is 9.20. The zero-order valence-corrected chi connectivity index (χ0v) is 21.4. The third kappa shape index (κ3) is 8.22. The van der Waals surface area contributed by atoms with E-state index in [2.05, 4.69) is 13.8 Å². The van der Waals surface area contributed by atoms with Gasteiger partial charge in [-0.15, -0.1) is 0 Å². The van der Waals surface area contributed by atoms with Gasteiger partial charge in [0, 0.05) is 31.5 Å². The summed E-state index contributed by atoms with van der Waals surface area (Å²) in [7, 11) is -3.84. The van der Waals surface area contributed by atoms with Gasteiger partial charge in [0.25, 0.3) is 0 Å². The maximum atomic E-state index is 13.5. The Morgan fingerprint density at radius 2 is 1.68 bits per heavy atom. The molecule has 2 rings (SSSR count). The van der Waals surface area contributed by atoms with Crippen molar-refractivity contribution in [1.29, 1.82) is 0 Å². The minimum atomic E-state index is -3.84. The van der Waals surface area contributed by atoms with Crippen LogP contribution < -0.4 is 0 Å². The van der Waals surface area contributed by atoms with E-state index >= 15 is 0 Å². The molecular weight excluding hydrogens is 454 g/mol. The Balaban J connectivity index is 2.26. The van der Waals surface area contributed by atoms with Crippen LogP contribution in [0.25, 0.3) is 0 Å². The maximum absolute atomic E-state index is 13.5. The molecule has 0 aromatic heterocycles. The van der Waals surface area contributed by atoms with E-state index < -0.39 is 27.5 Å². The van der Waals surface area contributed by atoms with E-state index in [1.165, 1.54) is 6.07 Å². The molecule has 1 aromatic rings. The molecule has 1 atom stereocenters. The smallest absolute Gasteiger partial charge is 0.303 e. The van der Waals surface area contributed by atoms with Crippen molar-refractivity contribution < 1.29 is 27.9 Å². The molecule has 7 nitrogen and oxygen atoms in total. The number of carboxylic acids is 1. The molecule has 8 heteroatoms. The second kappa shape index (κ2) is 13.6. The lowest BCUT2D eigenvalue weighted by Gasteiger charge is -2.27. The van der Waals surface area contributed by atoms with Gasteiger partial charge in [0.1, 0.15) is 0 Å². The molecule has 0 spiro atoms. The molecular formula is C26H39NO6S. The number of carbonyl (C=O) groups is 3. The summed E-state index contributed by atoms with van der Waals surface area (Å²) in [6.07, 6.45) is 7.18. The first kappa shape index (κ1) is 28.0. The number of fused-ring (bicyclic) bond motifs is 1. The van der Waals surface area contributed by atoms with Crippen molar-refractivity contribution in [2.24, 2.45) is 5.92 Å². The van der Waals surface area contributed by atoms with Crippen molar-refractivity contribution >= 4 is 27.5 Å². The molecule has 0 heterocycles. The summed E-state index contributed by atoms with van der Waals surface area (Å²) >= 11 is 0. The van der Waals surface area contributed by atoms with Crippen LogP contribution in [0, 0.1) is 5.92 Å². The number of amides is 1. The Morgan fingerprint density at radius 3 is 2.26 bits per heavy atom. The lowest BCUT2D eigenvalue weighted by atomic mass is 9.91. The number of benzene rings is 1. The van der Waals surface area contributed by atoms with Crippen LogP contribution in [-0.2, 0) is 25.8 Å². The largest absolute Gasteiger partial charge is 0.481 e. The third-order valence-electron chi connectivity index (χ3n) is 6.44. The molecule has 1 N–H and O–H groups in total. The highest BCUT2D eigenvalue weighted by Crippen LogP contribution is 2.26. The summed E-state index contributed by atoms with van der Waals surface area (Å²) in [6.45, 7) is 5.27. The highest BCUT2D eigenvalue weighted by Gasteiger charge is 2.31. The minimum Gasteiger partial charge on any atom is -0.481 e. The number of aryl methyl sites for hydroxylation is 1. The summed E-state index contributed by atoms with van der Waals surface area (Å²) in [6, 6.07) is 4.57. The molecule has 1 aromatic carbocycles. The van der Waals surface area contributed by atoms with E-state index in [-0.39, 0.29) is 29.4 Å². The Morgan fingerprint density at radius 1 is 1.03 bits per heavy atom. The van der Waals surface area contributed by atoms with Gasteiger partial charge in [-0.25, -0.2) is 8.42 Å². The lowest BCUT2D eigenvalue weighted by Crippen LogP contribution is -2.40. The topological polar surface area (TPSA) is 109 Å². The predicted octanol–water partition coefficient (Wildman–Crippen LogP) is 4.67. The summed E-state index contributed by atoms with van der Waals surface area (Å²) in [4.78, 5) is 38.6. The van der Waals surface area contributed by atoms with E-state index in [0.717, 1.165) is 44.1 Å². The first-order chi connectivity index (χ1) is 16.2. The summed E-state index contributed by atoms with van der Waals surface area (Å²) in [5.41, 5.74) is 1.30. The summed E-state index contributed by atoms with van der Waals surface area (Å²) in [5.74, 6) is -2.64. The monoisotopic (exact) mass is 493 g/mol. The molecule has 0 bridgehead atoms. The van der Waals surface area contributed by atoms with Gasteiger partial charge < -0.3 is 10.0 Å². The zero-order valence-electron chi connectivity index (χ0n) is 20.6. The Hall–Kier alpha value is -2.22.